The molecule has 0 amide bonds. The van der Waals surface area contributed by atoms with Crippen molar-refractivity contribution in [2.45, 2.75) is 42.4 Å². The Kier molecular flexibility index (Phi) is 6.91. The predicted molar refractivity (Wildman–Crippen MR) is 104 cm³/mol. The van der Waals surface area contributed by atoms with Crippen LogP contribution in [-0.4, -0.2) is 22.7 Å². The number of ether oxygens (including phenoxy) is 1. The summed E-state index contributed by atoms with van der Waals surface area (Å²) >= 11 is 1.66. The number of hydrogen-bond donors (Lipinski definition) is 2. The summed E-state index contributed by atoms with van der Waals surface area (Å²) in [4.78, 5) is 4.40. The number of aromatic nitrogens is 1. The predicted octanol–water partition coefficient (Wildman–Crippen LogP) is 3.31. The molecular weight excluding hydrogens is 384 g/mol. The molecule has 9 heteroatoms. The number of pyridine rings is 1. The summed E-state index contributed by atoms with van der Waals surface area (Å²) in [5.41, 5.74) is 11.6. The zero-order valence-corrected chi connectivity index (χ0v) is 16.1. The highest BCUT2D eigenvalue weighted by molar-refractivity contribution is 8.00. The van der Waals surface area contributed by atoms with Crippen molar-refractivity contribution in [3.63, 3.8) is 0 Å². The molecule has 0 atom stereocenters. The van der Waals surface area contributed by atoms with E-state index in [1.165, 1.54) is 18.6 Å². The third-order valence-corrected chi connectivity index (χ3v) is 5.77. The van der Waals surface area contributed by atoms with E-state index in [0.29, 0.717) is 23.7 Å². The molecule has 1 aromatic heterocycles. The molecule has 0 unspecified atom stereocenters. The zero-order valence-electron chi connectivity index (χ0n) is 15.3. The molecule has 1 aliphatic carbocycles. The number of nitrogens with zero attached hydrogens (tertiary/aromatic N) is 3. The number of rotatable bonds is 9. The van der Waals surface area contributed by atoms with Crippen LogP contribution in [-0.2, 0) is 0 Å². The van der Waals surface area contributed by atoms with E-state index < -0.39 is 17.4 Å². The van der Waals surface area contributed by atoms with Crippen molar-refractivity contribution in [1.82, 2.24) is 4.98 Å². The van der Waals surface area contributed by atoms with Gasteiger partial charge in [0.25, 0.3) is 0 Å². The minimum atomic E-state index is -0.753. The SMILES string of the molecule is NC(CCCOc1c(F)cc(-c2cccnc2SC2CCC2)cc1F)=NN=[NH2+]. The normalized spacial score (nSPS) is 14.6. The third-order valence-electron chi connectivity index (χ3n) is 4.42. The Bertz CT molecular complexity index is 850. The van der Waals surface area contributed by atoms with Gasteiger partial charge < -0.3 is 10.5 Å². The van der Waals surface area contributed by atoms with E-state index in [2.05, 4.69) is 15.3 Å². The summed E-state index contributed by atoms with van der Waals surface area (Å²) in [5.74, 6) is -1.68. The van der Waals surface area contributed by atoms with Crippen LogP contribution < -0.4 is 16.0 Å². The molecule has 1 aromatic carbocycles. The lowest BCUT2D eigenvalue weighted by Gasteiger charge is -2.25. The highest BCUT2D eigenvalue weighted by Gasteiger charge is 2.22. The fourth-order valence-electron chi connectivity index (χ4n) is 2.76. The molecule has 2 aromatic rings. The van der Waals surface area contributed by atoms with Crippen LogP contribution >= 0.6 is 11.8 Å². The second-order valence-corrected chi connectivity index (χ2v) is 7.74. The van der Waals surface area contributed by atoms with Crippen molar-refractivity contribution in [2.75, 3.05) is 6.61 Å². The van der Waals surface area contributed by atoms with Crippen molar-refractivity contribution in [3.05, 3.63) is 42.1 Å². The van der Waals surface area contributed by atoms with E-state index in [0.717, 1.165) is 23.4 Å². The van der Waals surface area contributed by atoms with Gasteiger partial charge in [0.2, 0.25) is 5.84 Å². The molecule has 3 rings (SSSR count). The van der Waals surface area contributed by atoms with Gasteiger partial charge in [-0.1, -0.05) is 12.5 Å². The smallest absolute Gasteiger partial charge is 0.242 e. The van der Waals surface area contributed by atoms with Crippen molar-refractivity contribution >= 4 is 17.6 Å². The number of amidine groups is 1. The molecule has 1 saturated carbocycles. The van der Waals surface area contributed by atoms with Gasteiger partial charge in [0.1, 0.15) is 10.2 Å². The Hall–Kier alpha value is -2.55. The molecule has 1 heterocycles. The maximum atomic E-state index is 14.5. The number of nitrogens with two attached hydrogens (primary N) is 2. The first-order valence-corrected chi connectivity index (χ1v) is 9.92. The Labute approximate surface area is 166 Å². The largest absolute Gasteiger partial charge is 0.488 e. The Morgan fingerprint density at radius 3 is 2.71 bits per heavy atom. The zero-order chi connectivity index (χ0) is 19.9. The molecule has 0 bridgehead atoms. The van der Waals surface area contributed by atoms with Crippen LogP contribution in [0.5, 0.6) is 5.75 Å². The monoisotopic (exact) mass is 406 g/mol. The van der Waals surface area contributed by atoms with Crippen LogP contribution in [0.25, 0.3) is 11.1 Å². The van der Waals surface area contributed by atoms with Gasteiger partial charge in [0, 0.05) is 23.4 Å². The van der Waals surface area contributed by atoms with Crippen molar-refractivity contribution < 1.29 is 19.0 Å². The first kappa shape index (κ1) is 20.2. The summed E-state index contributed by atoms with van der Waals surface area (Å²) in [6.07, 6.45) is 5.99. The second kappa shape index (κ2) is 9.59. The molecule has 0 radical (unpaired) electrons. The van der Waals surface area contributed by atoms with Crippen molar-refractivity contribution in [2.24, 2.45) is 16.1 Å². The molecular formula is C19H22F2N5OS+. The molecule has 0 aliphatic heterocycles. The number of hydrogen-bond acceptors (Lipinski definition) is 4. The molecule has 4 N–H and O–H groups in total. The standard InChI is InChI=1S/C19H21F2N5OS/c20-15-10-12(14-6-2-8-24-19(14)28-13-4-1-5-13)11-16(21)18(15)27-9-3-7-17(22)25-26-23/h2,6,8,10-11,13H,1,3-5,7,9H2,(H3,22,23,25)/p+1. The molecule has 28 heavy (non-hydrogen) atoms. The van der Waals surface area contributed by atoms with E-state index in [1.807, 2.05) is 6.07 Å². The van der Waals surface area contributed by atoms with Gasteiger partial charge in [0.05, 0.1) is 11.7 Å². The number of thioether (sulfide) groups is 1. The average molecular weight is 406 g/mol. The number of halogens is 2. The van der Waals surface area contributed by atoms with Crippen LogP contribution in [0.3, 0.4) is 0 Å². The van der Waals surface area contributed by atoms with Crippen molar-refractivity contribution in [1.29, 1.82) is 0 Å². The summed E-state index contributed by atoms with van der Waals surface area (Å²) in [5, 5.41) is 7.86. The van der Waals surface area contributed by atoms with E-state index in [-0.39, 0.29) is 12.4 Å². The molecule has 6 nitrogen and oxygen atoms in total. The Morgan fingerprint density at radius 1 is 1.32 bits per heavy atom. The summed E-state index contributed by atoms with van der Waals surface area (Å²) in [7, 11) is 0. The highest BCUT2D eigenvalue weighted by Crippen LogP contribution is 2.40. The molecule has 0 saturated heterocycles. The average Bonchev–Trinajstić information content (AvgIpc) is 2.64. The lowest BCUT2D eigenvalue weighted by molar-refractivity contribution is -0.221. The highest BCUT2D eigenvalue weighted by atomic mass is 32.2. The molecule has 1 fully saturated rings. The quantitative estimate of drug-likeness (QED) is 0.219. The van der Waals surface area contributed by atoms with Crippen LogP contribution in [0.15, 0.2) is 45.8 Å². The Morgan fingerprint density at radius 2 is 2.07 bits per heavy atom. The number of benzene rings is 1. The lowest BCUT2D eigenvalue weighted by atomic mass is 10.00. The van der Waals surface area contributed by atoms with Crippen LogP contribution in [0.1, 0.15) is 32.1 Å². The fraction of sp³-hybridized carbons (Fsp3) is 0.368. The maximum absolute atomic E-state index is 14.5. The van der Waals surface area contributed by atoms with E-state index in [4.69, 9.17) is 16.0 Å². The first-order valence-electron chi connectivity index (χ1n) is 9.04. The second-order valence-electron chi connectivity index (χ2n) is 6.45. The summed E-state index contributed by atoms with van der Waals surface area (Å²) < 4.78 is 34.3. The van der Waals surface area contributed by atoms with Gasteiger partial charge in [0.15, 0.2) is 17.4 Å². The van der Waals surface area contributed by atoms with Crippen LogP contribution in [0, 0.1) is 11.6 Å². The minimum absolute atomic E-state index is 0.0870. The molecule has 0 spiro atoms. The maximum Gasteiger partial charge on any atom is 0.242 e. The third kappa shape index (κ3) is 5.03. The minimum Gasteiger partial charge on any atom is -0.488 e. The summed E-state index contributed by atoms with van der Waals surface area (Å²) in [6, 6.07) is 6.15. The van der Waals surface area contributed by atoms with Gasteiger partial charge in [-0.15, -0.1) is 11.8 Å². The Balaban J connectivity index is 1.71. The van der Waals surface area contributed by atoms with Gasteiger partial charge >= 0.3 is 0 Å². The lowest BCUT2D eigenvalue weighted by Crippen LogP contribution is -2.23. The van der Waals surface area contributed by atoms with Gasteiger partial charge in [-0.2, -0.15) is 5.53 Å². The van der Waals surface area contributed by atoms with E-state index >= 15 is 0 Å². The van der Waals surface area contributed by atoms with E-state index in [1.54, 1.807) is 24.0 Å². The van der Waals surface area contributed by atoms with Crippen molar-refractivity contribution in [3.8, 4) is 16.9 Å². The molecule has 1 aliphatic rings. The van der Waals surface area contributed by atoms with Gasteiger partial charge in [-0.25, -0.2) is 13.8 Å². The van der Waals surface area contributed by atoms with Gasteiger partial charge in [-0.3, -0.25) is 0 Å². The topological polar surface area (TPSA) is 98.5 Å². The summed E-state index contributed by atoms with van der Waals surface area (Å²) in [6.45, 7) is 0.0870. The molecule has 148 valence electrons. The van der Waals surface area contributed by atoms with Gasteiger partial charge in [-0.05, 0) is 43.0 Å². The van der Waals surface area contributed by atoms with Crippen LogP contribution in [0.4, 0.5) is 8.78 Å². The van der Waals surface area contributed by atoms with Crippen LogP contribution in [0.2, 0.25) is 0 Å². The first-order chi connectivity index (χ1) is 13.6. The fourth-order valence-corrected chi connectivity index (χ4v) is 4.08. The van der Waals surface area contributed by atoms with E-state index in [9.17, 15) is 8.78 Å².